The number of carbonyl (C=O) groups excluding carboxylic acids is 1. The highest BCUT2D eigenvalue weighted by molar-refractivity contribution is 7.92. The molecule has 0 heterocycles. The molecule has 0 fully saturated rings. The lowest BCUT2D eigenvalue weighted by atomic mass is 10.2. The van der Waals surface area contributed by atoms with E-state index in [1.54, 1.807) is 36.4 Å². The first kappa shape index (κ1) is 27.7. The summed E-state index contributed by atoms with van der Waals surface area (Å²) in [7, 11) is -4.02. The van der Waals surface area contributed by atoms with Crippen LogP contribution in [-0.2, 0) is 14.8 Å². The second kappa shape index (κ2) is 13.5. The highest BCUT2D eigenvalue weighted by Crippen LogP contribution is 2.26. The first-order valence-corrected chi connectivity index (χ1v) is 13.6. The Kier molecular flexibility index (Phi) is 10.1. The summed E-state index contributed by atoms with van der Waals surface area (Å²) in [5, 5.41) is 3.99. The van der Waals surface area contributed by atoms with Gasteiger partial charge in [0, 0.05) is 0 Å². The predicted octanol–water partition coefficient (Wildman–Crippen LogP) is 4.92. The molecule has 0 aliphatic heterocycles. The number of rotatable bonds is 13. The summed E-state index contributed by atoms with van der Waals surface area (Å²) >= 11 is 0. The number of hydrazone groups is 1. The van der Waals surface area contributed by atoms with Gasteiger partial charge in [-0.05, 0) is 86.5 Å². The van der Waals surface area contributed by atoms with Crippen molar-refractivity contribution in [2.24, 2.45) is 5.10 Å². The van der Waals surface area contributed by atoms with Crippen LogP contribution < -0.4 is 19.2 Å². The molecule has 3 aromatic carbocycles. The molecule has 0 aliphatic carbocycles. The minimum Gasteiger partial charge on any atom is -0.494 e. The highest BCUT2D eigenvalue weighted by atomic mass is 32.2. The molecule has 1 amide bonds. The Balaban J connectivity index is 1.73. The number of anilines is 1. The van der Waals surface area contributed by atoms with Crippen LogP contribution in [-0.4, -0.2) is 40.3 Å². The molecule has 8 nitrogen and oxygen atoms in total. The van der Waals surface area contributed by atoms with E-state index in [9.17, 15) is 13.2 Å². The number of amides is 1. The van der Waals surface area contributed by atoms with Crippen LogP contribution in [0.2, 0.25) is 0 Å². The maximum Gasteiger partial charge on any atom is 0.264 e. The van der Waals surface area contributed by atoms with Crippen molar-refractivity contribution < 1.29 is 22.7 Å². The summed E-state index contributed by atoms with van der Waals surface area (Å²) in [6, 6.07) is 20.4. The van der Waals surface area contributed by atoms with Crippen molar-refractivity contribution in [1.29, 1.82) is 0 Å². The number of ether oxygens (including phenoxy) is 2. The van der Waals surface area contributed by atoms with Crippen molar-refractivity contribution in [1.82, 2.24) is 5.43 Å². The quantitative estimate of drug-likeness (QED) is 0.195. The number of hydrogen-bond acceptors (Lipinski definition) is 6. The first-order chi connectivity index (χ1) is 17.8. The molecule has 37 heavy (non-hydrogen) atoms. The Morgan fingerprint density at radius 2 is 1.54 bits per heavy atom. The minimum absolute atomic E-state index is 0.0875. The zero-order chi connectivity index (χ0) is 26.7. The topological polar surface area (TPSA) is 97.3 Å². The lowest BCUT2D eigenvalue weighted by Crippen LogP contribution is -2.39. The van der Waals surface area contributed by atoms with Crippen molar-refractivity contribution in [3.05, 3.63) is 83.9 Å². The Morgan fingerprint density at radius 1 is 0.919 bits per heavy atom. The average Bonchev–Trinajstić information content (AvgIpc) is 2.89. The van der Waals surface area contributed by atoms with E-state index in [-0.39, 0.29) is 4.90 Å². The third kappa shape index (κ3) is 8.08. The van der Waals surface area contributed by atoms with Gasteiger partial charge in [0.1, 0.15) is 18.0 Å². The van der Waals surface area contributed by atoms with Gasteiger partial charge >= 0.3 is 0 Å². The van der Waals surface area contributed by atoms with E-state index in [2.05, 4.69) is 17.5 Å². The molecule has 0 saturated carbocycles. The normalized spacial score (nSPS) is 11.3. The molecule has 3 rings (SSSR count). The maximum absolute atomic E-state index is 13.5. The predicted molar refractivity (Wildman–Crippen MR) is 146 cm³/mol. The molecule has 0 aliphatic rings. The Morgan fingerprint density at radius 3 is 2.16 bits per heavy atom. The number of carbonyl (C=O) groups is 1. The van der Waals surface area contributed by atoms with Crippen molar-refractivity contribution in [3.63, 3.8) is 0 Å². The van der Waals surface area contributed by atoms with Gasteiger partial charge in [0.05, 0.1) is 30.0 Å². The van der Waals surface area contributed by atoms with Crippen LogP contribution >= 0.6 is 0 Å². The van der Waals surface area contributed by atoms with Gasteiger partial charge in [0.25, 0.3) is 15.9 Å². The molecule has 0 radical (unpaired) electrons. The monoisotopic (exact) mass is 523 g/mol. The fourth-order valence-electron chi connectivity index (χ4n) is 3.36. The summed E-state index contributed by atoms with van der Waals surface area (Å²) < 4.78 is 39.1. The Labute approximate surface area is 219 Å². The average molecular weight is 524 g/mol. The van der Waals surface area contributed by atoms with E-state index in [1.807, 2.05) is 38.1 Å². The van der Waals surface area contributed by atoms with Gasteiger partial charge in [-0.1, -0.05) is 31.0 Å². The first-order valence-electron chi connectivity index (χ1n) is 12.2. The molecule has 196 valence electrons. The van der Waals surface area contributed by atoms with Crippen LogP contribution in [0.4, 0.5) is 5.69 Å². The van der Waals surface area contributed by atoms with Crippen LogP contribution in [0.15, 0.2) is 82.8 Å². The summed E-state index contributed by atoms with van der Waals surface area (Å²) in [6.07, 6.45) is 3.54. The van der Waals surface area contributed by atoms with E-state index in [0.29, 0.717) is 24.7 Å². The third-order valence-electron chi connectivity index (χ3n) is 5.38. The van der Waals surface area contributed by atoms with E-state index in [4.69, 9.17) is 9.47 Å². The standard InChI is InChI=1S/C28H33N3O5S/c1-4-6-19-36-26-13-9-23(10-14-26)20-29-30-28(32)21-31(24-11-15-25(16-12-24)35-5-2)37(33,34)27-17-7-22(3)8-18-27/h7-18,20H,4-6,19,21H2,1-3H3,(H,30,32)/b29-20-. The summed E-state index contributed by atoms with van der Waals surface area (Å²) in [5.41, 5.74) is 4.45. The van der Waals surface area contributed by atoms with Gasteiger partial charge in [0.2, 0.25) is 0 Å². The highest BCUT2D eigenvalue weighted by Gasteiger charge is 2.27. The zero-order valence-corrected chi connectivity index (χ0v) is 22.2. The van der Waals surface area contributed by atoms with Crippen LogP contribution in [0.5, 0.6) is 11.5 Å². The number of aryl methyl sites for hydroxylation is 1. The third-order valence-corrected chi connectivity index (χ3v) is 7.17. The maximum atomic E-state index is 13.5. The van der Waals surface area contributed by atoms with Crippen molar-refractivity contribution >= 4 is 27.8 Å². The van der Waals surface area contributed by atoms with Gasteiger partial charge in [-0.3, -0.25) is 9.10 Å². The van der Waals surface area contributed by atoms with E-state index < -0.39 is 22.5 Å². The molecule has 0 bridgehead atoms. The molecule has 9 heteroatoms. The smallest absolute Gasteiger partial charge is 0.264 e. The number of unbranched alkanes of at least 4 members (excludes halogenated alkanes) is 1. The Bertz CT molecular complexity index is 1270. The fourth-order valence-corrected chi connectivity index (χ4v) is 4.78. The Hall–Kier alpha value is -3.85. The lowest BCUT2D eigenvalue weighted by molar-refractivity contribution is -0.119. The van der Waals surface area contributed by atoms with Crippen LogP contribution in [0.3, 0.4) is 0 Å². The fraction of sp³-hybridized carbons (Fsp3) is 0.286. The molecule has 0 unspecified atom stereocenters. The van der Waals surface area contributed by atoms with Gasteiger partial charge in [-0.25, -0.2) is 13.8 Å². The number of nitrogens with zero attached hydrogens (tertiary/aromatic N) is 2. The van der Waals surface area contributed by atoms with Gasteiger partial charge in [-0.2, -0.15) is 5.10 Å². The van der Waals surface area contributed by atoms with Gasteiger partial charge in [0.15, 0.2) is 0 Å². The number of benzene rings is 3. The van der Waals surface area contributed by atoms with Crippen molar-refractivity contribution in [3.8, 4) is 11.5 Å². The summed E-state index contributed by atoms with van der Waals surface area (Å²) in [6.45, 7) is 6.54. The molecular weight excluding hydrogens is 490 g/mol. The molecule has 3 aromatic rings. The van der Waals surface area contributed by atoms with E-state index in [1.165, 1.54) is 18.3 Å². The van der Waals surface area contributed by atoms with E-state index in [0.717, 1.165) is 34.0 Å². The van der Waals surface area contributed by atoms with E-state index >= 15 is 0 Å². The zero-order valence-electron chi connectivity index (χ0n) is 21.4. The SMILES string of the molecule is CCCCOc1ccc(/C=N\NC(=O)CN(c2ccc(OCC)cc2)S(=O)(=O)c2ccc(C)cc2)cc1. The van der Waals surface area contributed by atoms with Crippen LogP contribution in [0.25, 0.3) is 0 Å². The number of hydrogen-bond donors (Lipinski definition) is 1. The second-order valence-electron chi connectivity index (χ2n) is 8.32. The second-order valence-corrected chi connectivity index (χ2v) is 10.2. The van der Waals surface area contributed by atoms with Crippen molar-refractivity contribution in [2.75, 3.05) is 24.1 Å². The molecule has 1 N–H and O–H groups in total. The van der Waals surface area contributed by atoms with Crippen LogP contribution in [0.1, 0.15) is 37.8 Å². The summed E-state index contributed by atoms with van der Waals surface area (Å²) in [5.74, 6) is 0.789. The summed E-state index contributed by atoms with van der Waals surface area (Å²) in [4.78, 5) is 12.8. The molecular formula is C28H33N3O5S. The number of sulfonamides is 1. The molecule has 0 aromatic heterocycles. The van der Waals surface area contributed by atoms with Crippen molar-refractivity contribution in [2.45, 2.75) is 38.5 Å². The van der Waals surface area contributed by atoms with Gasteiger partial charge in [-0.15, -0.1) is 0 Å². The number of nitrogens with one attached hydrogen (secondary N) is 1. The minimum atomic E-state index is -4.02. The van der Waals surface area contributed by atoms with Crippen LogP contribution in [0, 0.1) is 6.92 Å². The van der Waals surface area contributed by atoms with Gasteiger partial charge < -0.3 is 9.47 Å². The lowest BCUT2D eigenvalue weighted by Gasteiger charge is -2.24. The molecule has 0 saturated heterocycles. The largest absolute Gasteiger partial charge is 0.494 e. The molecule has 0 spiro atoms. The molecule has 0 atom stereocenters.